The Kier molecular flexibility index (Phi) is 10.4. The molecular formula is C24H52N2O7Si5. The molecule has 1 aliphatic heterocycles. The zero-order valence-electron chi connectivity index (χ0n) is 26.3. The average Bonchev–Trinajstić information content (AvgIpc) is 2.93. The van der Waals surface area contributed by atoms with Crippen molar-refractivity contribution in [3.8, 4) is 11.6 Å². The Labute approximate surface area is 235 Å². The van der Waals surface area contributed by atoms with E-state index in [0.717, 1.165) is 0 Å². The highest BCUT2D eigenvalue weighted by Gasteiger charge is 2.51. The van der Waals surface area contributed by atoms with Crippen LogP contribution in [0.15, 0.2) is 11.0 Å². The maximum absolute atomic E-state index is 13.5. The van der Waals surface area contributed by atoms with E-state index in [1.165, 1.54) is 4.57 Å². The Morgan fingerprint density at radius 1 is 0.737 bits per heavy atom. The fraction of sp³-hybridized carbons (Fsp3) is 0.833. The largest absolute Gasteiger partial charge is 0.540 e. The van der Waals surface area contributed by atoms with Crippen LogP contribution in [-0.2, 0) is 18.0 Å². The first-order valence-corrected chi connectivity index (χ1v) is 30.5. The van der Waals surface area contributed by atoms with E-state index in [1.807, 2.05) is 0 Å². The zero-order valence-corrected chi connectivity index (χ0v) is 31.3. The van der Waals surface area contributed by atoms with Crippen molar-refractivity contribution in [3.63, 3.8) is 0 Å². The monoisotopic (exact) mass is 620 g/mol. The van der Waals surface area contributed by atoms with Gasteiger partial charge in [0.25, 0.3) is 0 Å². The summed E-state index contributed by atoms with van der Waals surface area (Å²) < 4.78 is 40.4. The molecule has 38 heavy (non-hydrogen) atoms. The van der Waals surface area contributed by atoms with Crippen molar-refractivity contribution >= 4 is 41.6 Å². The molecule has 1 aromatic rings. The van der Waals surface area contributed by atoms with Gasteiger partial charge >= 0.3 is 5.69 Å². The smallest absolute Gasteiger partial charge is 0.353 e. The van der Waals surface area contributed by atoms with Gasteiger partial charge in [0.15, 0.2) is 36.9 Å². The number of nitrogens with zero attached hydrogens (tertiary/aromatic N) is 2. The first-order valence-electron chi connectivity index (χ1n) is 13.5. The number of hydrogen-bond donors (Lipinski definition) is 0. The second-order valence-electron chi connectivity index (χ2n) is 14.9. The SMILES string of the molecule is C[Si](C)(C)OC[C@@H]1OC(n2cc(O[Si](C)(C)C)c(O[Si](C)(C)C)nc2=O)[C@@H](O[Si](C)(C)C)[C@H]1O[Si](C)(C)C. The first-order chi connectivity index (χ1) is 16.8. The van der Waals surface area contributed by atoms with Crippen LogP contribution in [0.5, 0.6) is 11.6 Å². The molecule has 2 rings (SSSR count). The standard InChI is InChI=1S/C24H52N2O7Si5/c1-34(2,3)28-17-19-20(31-36(7,8)9)21(32-37(10,11)12)23(29-19)26-16-18(30-35(4,5)6)22(25-24(26)27)33-38(13,14)15/h16,19-21,23H,17H2,1-15H3/t19-,20-,21-,23?/m0/s1. The van der Waals surface area contributed by atoms with Gasteiger partial charge in [-0.1, -0.05) is 0 Å². The molecule has 220 valence electrons. The van der Waals surface area contributed by atoms with E-state index in [-0.39, 0.29) is 18.1 Å². The molecule has 0 radical (unpaired) electrons. The van der Waals surface area contributed by atoms with Crippen LogP contribution in [0.3, 0.4) is 0 Å². The molecule has 1 aliphatic rings. The third kappa shape index (κ3) is 11.1. The molecule has 9 nitrogen and oxygen atoms in total. The summed E-state index contributed by atoms with van der Waals surface area (Å²) in [5, 5.41) is 0. The van der Waals surface area contributed by atoms with Gasteiger partial charge in [-0.3, -0.25) is 4.57 Å². The van der Waals surface area contributed by atoms with Crippen molar-refractivity contribution in [1.82, 2.24) is 9.55 Å². The Balaban J connectivity index is 2.66. The molecule has 0 bridgehead atoms. The van der Waals surface area contributed by atoms with Crippen molar-refractivity contribution in [3.05, 3.63) is 16.7 Å². The number of aromatic nitrogens is 2. The van der Waals surface area contributed by atoms with Gasteiger partial charge in [-0.25, -0.2) is 4.79 Å². The molecule has 0 amide bonds. The van der Waals surface area contributed by atoms with Gasteiger partial charge in [0.2, 0.25) is 22.5 Å². The Morgan fingerprint density at radius 3 is 1.68 bits per heavy atom. The van der Waals surface area contributed by atoms with E-state index in [1.54, 1.807) is 6.20 Å². The minimum Gasteiger partial charge on any atom is -0.540 e. The van der Waals surface area contributed by atoms with Crippen molar-refractivity contribution in [2.75, 3.05) is 6.61 Å². The van der Waals surface area contributed by atoms with Gasteiger partial charge in [0, 0.05) is 0 Å². The lowest BCUT2D eigenvalue weighted by Gasteiger charge is -2.34. The highest BCUT2D eigenvalue weighted by atomic mass is 28.4. The van der Waals surface area contributed by atoms with Crippen molar-refractivity contribution in [1.29, 1.82) is 0 Å². The van der Waals surface area contributed by atoms with E-state index >= 15 is 0 Å². The highest BCUT2D eigenvalue weighted by molar-refractivity contribution is 6.71. The van der Waals surface area contributed by atoms with Crippen LogP contribution < -0.4 is 14.5 Å². The molecule has 0 saturated carbocycles. The van der Waals surface area contributed by atoms with Crippen LogP contribution >= 0.6 is 0 Å². The van der Waals surface area contributed by atoms with Crippen LogP contribution in [0.2, 0.25) is 98.2 Å². The number of rotatable bonds is 12. The fourth-order valence-corrected chi connectivity index (χ4v) is 8.22. The third-order valence-corrected chi connectivity index (χ3v) is 9.55. The maximum atomic E-state index is 13.5. The second kappa shape index (κ2) is 11.7. The minimum atomic E-state index is -2.07. The van der Waals surface area contributed by atoms with E-state index < -0.39 is 59.6 Å². The Hall–Kier alpha value is -0.596. The summed E-state index contributed by atoms with van der Waals surface area (Å²) in [5.41, 5.74) is -0.464. The summed E-state index contributed by atoms with van der Waals surface area (Å²) >= 11 is 0. The molecule has 0 aromatic carbocycles. The lowest BCUT2D eigenvalue weighted by atomic mass is 10.1. The summed E-state index contributed by atoms with van der Waals surface area (Å²) in [4.78, 5) is 17.9. The number of hydrogen-bond acceptors (Lipinski definition) is 8. The van der Waals surface area contributed by atoms with Gasteiger partial charge in [0.1, 0.15) is 18.3 Å². The van der Waals surface area contributed by atoms with E-state index in [0.29, 0.717) is 12.4 Å². The molecule has 1 aromatic heterocycles. The van der Waals surface area contributed by atoms with Crippen LogP contribution in [-0.4, -0.2) is 76.1 Å². The van der Waals surface area contributed by atoms with Crippen LogP contribution in [0.4, 0.5) is 0 Å². The van der Waals surface area contributed by atoms with Gasteiger partial charge in [-0.05, 0) is 98.2 Å². The van der Waals surface area contributed by atoms with Crippen molar-refractivity contribution in [2.24, 2.45) is 0 Å². The normalized spacial score (nSPS) is 23.6. The predicted molar refractivity (Wildman–Crippen MR) is 166 cm³/mol. The van der Waals surface area contributed by atoms with Gasteiger partial charge < -0.3 is 26.9 Å². The topological polar surface area (TPSA) is 90.3 Å². The number of ether oxygens (including phenoxy) is 1. The molecule has 0 spiro atoms. The molecule has 1 unspecified atom stereocenters. The first kappa shape index (κ1) is 33.6. The van der Waals surface area contributed by atoms with Crippen LogP contribution in [0.25, 0.3) is 0 Å². The Morgan fingerprint density at radius 2 is 1.24 bits per heavy atom. The molecule has 4 atom stereocenters. The van der Waals surface area contributed by atoms with E-state index in [9.17, 15) is 4.79 Å². The maximum Gasteiger partial charge on any atom is 0.353 e. The molecule has 2 heterocycles. The summed E-state index contributed by atoms with van der Waals surface area (Å²) in [5.74, 6) is 0.716. The average molecular weight is 621 g/mol. The molecule has 0 N–H and O–H groups in total. The van der Waals surface area contributed by atoms with Crippen LogP contribution in [0.1, 0.15) is 6.23 Å². The van der Waals surface area contributed by atoms with E-state index in [2.05, 4.69) is 103 Å². The van der Waals surface area contributed by atoms with Crippen molar-refractivity contribution in [2.45, 2.75) is 123 Å². The summed E-state index contributed by atoms with van der Waals surface area (Å²) in [7, 11) is -10.0. The second-order valence-corrected chi connectivity index (χ2v) is 37.2. The Bertz CT molecular complexity index is 1000. The lowest BCUT2D eigenvalue weighted by molar-refractivity contribution is -0.0499. The summed E-state index contributed by atoms with van der Waals surface area (Å²) in [6.07, 6.45) is -0.288. The third-order valence-electron chi connectivity index (χ3n) is 4.92. The minimum absolute atomic E-state index is 0.252. The summed E-state index contributed by atoms with van der Waals surface area (Å²) in [6, 6.07) is 0. The van der Waals surface area contributed by atoms with Crippen molar-refractivity contribution < 1.29 is 26.9 Å². The quantitative estimate of drug-likeness (QED) is 0.269. The van der Waals surface area contributed by atoms with Gasteiger partial charge in [0.05, 0.1) is 12.8 Å². The molecule has 1 fully saturated rings. The van der Waals surface area contributed by atoms with Gasteiger partial charge in [-0.2, -0.15) is 4.98 Å². The lowest BCUT2D eigenvalue weighted by Crippen LogP contribution is -2.49. The zero-order chi connectivity index (χ0) is 29.5. The van der Waals surface area contributed by atoms with Crippen LogP contribution in [0, 0.1) is 0 Å². The molecule has 14 heteroatoms. The fourth-order valence-electron chi connectivity index (χ4n) is 3.86. The molecule has 0 aliphatic carbocycles. The molecular weight excluding hydrogens is 569 g/mol. The summed E-state index contributed by atoms with van der Waals surface area (Å²) in [6.45, 7) is 32.1. The molecule has 1 saturated heterocycles. The van der Waals surface area contributed by atoms with E-state index in [4.69, 9.17) is 26.9 Å². The predicted octanol–water partition coefficient (Wildman–Crippen LogP) is 5.86. The van der Waals surface area contributed by atoms with Gasteiger partial charge in [-0.15, -0.1) is 0 Å². The highest BCUT2D eigenvalue weighted by Crippen LogP contribution is 2.38.